The number of carbonyl (C=O) groups is 1. The van der Waals surface area contributed by atoms with Crippen molar-refractivity contribution in [3.63, 3.8) is 0 Å². The first kappa shape index (κ1) is 18.3. The number of anilines is 1. The van der Waals surface area contributed by atoms with Gasteiger partial charge in [0.05, 0.1) is 20.8 Å². The van der Waals surface area contributed by atoms with Gasteiger partial charge >= 0.3 is 0 Å². The Morgan fingerprint density at radius 1 is 1.11 bits per heavy atom. The van der Waals surface area contributed by atoms with Gasteiger partial charge in [-0.1, -0.05) is 30.3 Å². The number of ether oxygens (including phenoxy) is 2. The highest BCUT2D eigenvalue weighted by atomic mass is 16.5. The predicted octanol–water partition coefficient (Wildman–Crippen LogP) is 3.60. The number of nitrogens with zero attached hydrogens (tertiary/aromatic N) is 2. The van der Waals surface area contributed by atoms with Crippen LogP contribution in [0, 0.1) is 0 Å². The number of rotatable bonds is 7. The average Bonchev–Trinajstić information content (AvgIpc) is 3.20. The second kappa shape index (κ2) is 8.71. The van der Waals surface area contributed by atoms with Crippen LogP contribution in [0.2, 0.25) is 0 Å². The lowest BCUT2D eigenvalue weighted by Crippen LogP contribution is -2.11. The highest BCUT2D eigenvalue weighted by Gasteiger charge is 2.08. The SMILES string of the molecule is COc1cccc(/C=C/C(=O)Nc2ccccc2Cn2cccn2)c1OC. The normalized spacial score (nSPS) is 10.7. The van der Waals surface area contributed by atoms with E-state index in [9.17, 15) is 4.79 Å². The molecule has 27 heavy (non-hydrogen) atoms. The van der Waals surface area contributed by atoms with Crippen LogP contribution in [0.4, 0.5) is 5.69 Å². The molecule has 0 atom stereocenters. The van der Waals surface area contributed by atoms with E-state index < -0.39 is 0 Å². The summed E-state index contributed by atoms with van der Waals surface area (Å²) in [5.74, 6) is 0.973. The first-order chi connectivity index (χ1) is 13.2. The summed E-state index contributed by atoms with van der Waals surface area (Å²) in [7, 11) is 3.15. The van der Waals surface area contributed by atoms with E-state index in [2.05, 4.69) is 10.4 Å². The van der Waals surface area contributed by atoms with Gasteiger partial charge in [-0.2, -0.15) is 5.10 Å². The Balaban J connectivity index is 1.74. The minimum Gasteiger partial charge on any atom is -0.493 e. The lowest BCUT2D eigenvalue weighted by molar-refractivity contribution is -0.111. The van der Waals surface area contributed by atoms with Crippen molar-refractivity contribution in [3.8, 4) is 11.5 Å². The van der Waals surface area contributed by atoms with Gasteiger partial charge in [0.2, 0.25) is 5.91 Å². The zero-order valence-corrected chi connectivity index (χ0v) is 15.3. The second-order valence-electron chi connectivity index (χ2n) is 5.77. The van der Waals surface area contributed by atoms with Gasteiger partial charge in [-0.3, -0.25) is 9.48 Å². The third kappa shape index (κ3) is 4.55. The van der Waals surface area contributed by atoms with Crippen molar-refractivity contribution in [2.75, 3.05) is 19.5 Å². The number of benzene rings is 2. The summed E-state index contributed by atoms with van der Waals surface area (Å²) >= 11 is 0. The minimum absolute atomic E-state index is 0.229. The predicted molar refractivity (Wildman–Crippen MR) is 105 cm³/mol. The quantitative estimate of drug-likeness (QED) is 0.652. The van der Waals surface area contributed by atoms with Gasteiger partial charge < -0.3 is 14.8 Å². The van der Waals surface area contributed by atoms with E-state index in [1.54, 1.807) is 26.5 Å². The second-order valence-corrected chi connectivity index (χ2v) is 5.77. The maximum Gasteiger partial charge on any atom is 0.248 e. The molecule has 0 radical (unpaired) electrons. The lowest BCUT2D eigenvalue weighted by Gasteiger charge is -2.11. The van der Waals surface area contributed by atoms with E-state index in [-0.39, 0.29) is 5.91 Å². The molecule has 1 aromatic heterocycles. The van der Waals surface area contributed by atoms with Gasteiger partial charge in [0, 0.05) is 29.7 Å². The number of aromatic nitrogens is 2. The van der Waals surface area contributed by atoms with Crippen LogP contribution in [0.1, 0.15) is 11.1 Å². The largest absolute Gasteiger partial charge is 0.493 e. The standard InChI is InChI=1S/C21H21N3O3/c1-26-19-10-5-8-16(21(19)27-2)11-12-20(25)23-18-9-4-3-7-17(18)15-24-14-6-13-22-24/h3-14H,15H2,1-2H3,(H,23,25)/b12-11+. The summed E-state index contributed by atoms with van der Waals surface area (Å²) in [5.41, 5.74) is 2.49. The average molecular weight is 363 g/mol. The Hall–Kier alpha value is -3.54. The topological polar surface area (TPSA) is 65.4 Å². The van der Waals surface area contributed by atoms with E-state index in [0.717, 1.165) is 16.8 Å². The molecule has 3 aromatic rings. The Kier molecular flexibility index (Phi) is 5.89. The molecular weight excluding hydrogens is 342 g/mol. The molecular formula is C21H21N3O3. The van der Waals surface area contributed by atoms with E-state index in [1.807, 2.05) is 59.4 Å². The summed E-state index contributed by atoms with van der Waals surface area (Å²) in [6, 6.07) is 15.0. The van der Waals surface area contributed by atoms with Crippen LogP contribution in [0.5, 0.6) is 11.5 Å². The molecule has 1 amide bonds. The van der Waals surface area contributed by atoms with Crippen LogP contribution >= 0.6 is 0 Å². The van der Waals surface area contributed by atoms with Gasteiger partial charge in [0.1, 0.15) is 0 Å². The van der Waals surface area contributed by atoms with Crippen molar-refractivity contribution < 1.29 is 14.3 Å². The number of amides is 1. The van der Waals surface area contributed by atoms with Crippen LogP contribution in [-0.4, -0.2) is 29.9 Å². The van der Waals surface area contributed by atoms with Crippen molar-refractivity contribution in [2.45, 2.75) is 6.54 Å². The molecule has 0 unspecified atom stereocenters. The molecule has 6 heteroatoms. The highest BCUT2D eigenvalue weighted by Crippen LogP contribution is 2.31. The molecule has 0 aliphatic carbocycles. The zero-order chi connectivity index (χ0) is 19.1. The summed E-state index contributed by atoms with van der Waals surface area (Å²) in [5, 5.41) is 7.13. The smallest absolute Gasteiger partial charge is 0.248 e. The minimum atomic E-state index is -0.229. The number of hydrogen-bond acceptors (Lipinski definition) is 4. The Morgan fingerprint density at radius 3 is 2.70 bits per heavy atom. The number of nitrogens with one attached hydrogen (secondary N) is 1. The zero-order valence-electron chi connectivity index (χ0n) is 15.3. The van der Waals surface area contributed by atoms with Crippen molar-refractivity contribution >= 4 is 17.7 Å². The highest BCUT2D eigenvalue weighted by molar-refractivity contribution is 6.02. The van der Waals surface area contributed by atoms with Crippen LogP contribution in [0.15, 0.2) is 67.0 Å². The van der Waals surface area contributed by atoms with Crippen LogP contribution in [0.3, 0.4) is 0 Å². The molecule has 1 heterocycles. The lowest BCUT2D eigenvalue weighted by atomic mass is 10.1. The molecule has 138 valence electrons. The van der Waals surface area contributed by atoms with Crippen LogP contribution in [-0.2, 0) is 11.3 Å². The maximum atomic E-state index is 12.4. The molecule has 0 fully saturated rings. The maximum absolute atomic E-state index is 12.4. The molecule has 2 aromatic carbocycles. The van der Waals surface area contributed by atoms with E-state index in [1.165, 1.54) is 6.08 Å². The molecule has 3 rings (SSSR count). The van der Waals surface area contributed by atoms with Crippen molar-refractivity contribution in [1.82, 2.24) is 9.78 Å². The van der Waals surface area contributed by atoms with Crippen LogP contribution < -0.4 is 14.8 Å². The van der Waals surface area contributed by atoms with Gasteiger partial charge in [0.25, 0.3) is 0 Å². The summed E-state index contributed by atoms with van der Waals surface area (Å²) in [4.78, 5) is 12.4. The molecule has 0 aliphatic heterocycles. The fourth-order valence-electron chi connectivity index (χ4n) is 2.73. The van der Waals surface area contributed by atoms with Gasteiger partial charge in [0.15, 0.2) is 11.5 Å². The summed E-state index contributed by atoms with van der Waals surface area (Å²) in [6.07, 6.45) is 6.79. The van der Waals surface area contributed by atoms with E-state index >= 15 is 0 Å². The van der Waals surface area contributed by atoms with Gasteiger partial charge in [-0.25, -0.2) is 0 Å². The number of para-hydroxylation sites is 2. The summed E-state index contributed by atoms with van der Waals surface area (Å²) < 4.78 is 12.5. The number of methoxy groups -OCH3 is 2. The molecule has 0 aliphatic rings. The Labute approximate surface area is 158 Å². The number of carbonyl (C=O) groups excluding carboxylic acids is 1. The Bertz CT molecular complexity index is 934. The van der Waals surface area contributed by atoms with Crippen molar-refractivity contribution in [1.29, 1.82) is 0 Å². The van der Waals surface area contributed by atoms with E-state index in [4.69, 9.17) is 9.47 Å². The van der Waals surface area contributed by atoms with Crippen molar-refractivity contribution in [2.24, 2.45) is 0 Å². The first-order valence-electron chi connectivity index (χ1n) is 8.46. The number of hydrogen-bond donors (Lipinski definition) is 1. The van der Waals surface area contributed by atoms with E-state index in [0.29, 0.717) is 18.0 Å². The molecule has 1 N–H and O–H groups in total. The molecule has 6 nitrogen and oxygen atoms in total. The third-order valence-electron chi connectivity index (χ3n) is 4.01. The molecule has 0 bridgehead atoms. The van der Waals surface area contributed by atoms with Gasteiger partial charge in [-0.15, -0.1) is 0 Å². The first-order valence-corrected chi connectivity index (χ1v) is 8.46. The fraction of sp³-hybridized carbons (Fsp3) is 0.143. The molecule has 0 spiro atoms. The van der Waals surface area contributed by atoms with Crippen LogP contribution in [0.25, 0.3) is 6.08 Å². The fourth-order valence-corrected chi connectivity index (χ4v) is 2.73. The monoisotopic (exact) mass is 363 g/mol. The van der Waals surface area contributed by atoms with Crippen molar-refractivity contribution in [3.05, 3.63) is 78.1 Å². The third-order valence-corrected chi connectivity index (χ3v) is 4.01. The molecule has 0 saturated heterocycles. The molecule has 0 saturated carbocycles. The summed E-state index contributed by atoms with van der Waals surface area (Å²) in [6.45, 7) is 0.580. The Morgan fingerprint density at radius 2 is 1.96 bits per heavy atom. The van der Waals surface area contributed by atoms with Gasteiger partial charge in [-0.05, 0) is 29.8 Å².